The normalized spacial score (nSPS) is 10.8. The van der Waals surface area contributed by atoms with Crippen LogP contribution in [0.2, 0.25) is 0 Å². The summed E-state index contributed by atoms with van der Waals surface area (Å²) in [6.07, 6.45) is 4.97. The minimum absolute atomic E-state index is 0. The van der Waals surface area contributed by atoms with Crippen molar-refractivity contribution in [3.8, 4) is 0 Å². The summed E-state index contributed by atoms with van der Waals surface area (Å²) in [7, 11) is 3.94. The zero-order valence-electron chi connectivity index (χ0n) is 15.7. The van der Waals surface area contributed by atoms with Gasteiger partial charge in [-0.1, -0.05) is 24.3 Å². The maximum absolute atomic E-state index is 4.32. The summed E-state index contributed by atoms with van der Waals surface area (Å²) in [6, 6.07) is 16.5. The van der Waals surface area contributed by atoms with Gasteiger partial charge in [-0.2, -0.15) is 0 Å². The Balaban J connectivity index is 0.00000338. The van der Waals surface area contributed by atoms with Gasteiger partial charge in [0.2, 0.25) is 0 Å². The van der Waals surface area contributed by atoms with Crippen molar-refractivity contribution in [3.63, 3.8) is 0 Å². The molecule has 0 saturated heterocycles. The van der Waals surface area contributed by atoms with Gasteiger partial charge in [0.1, 0.15) is 0 Å². The molecule has 0 spiro atoms. The molecule has 1 aromatic heterocycles. The van der Waals surface area contributed by atoms with Crippen LogP contribution in [0.15, 0.2) is 59.7 Å². The molecular weight excluding hydrogens is 437 g/mol. The van der Waals surface area contributed by atoms with Crippen molar-refractivity contribution in [2.24, 2.45) is 4.99 Å². The Hall–Kier alpha value is -1.83. The first-order chi connectivity index (χ1) is 12.3. The lowest BCUT2D eigenvalue weighted by molar-refractivity contribution is 0.685. The van der Waals surface area contributed by atoms with E-state index >= 15 is 0 Å². The van der Waals surface area contributed by atoms with E-state index in [0.29, 0.717) is 0 Å². The number of unbranched alkanes of at least 4 members (excludes halogenated alkanes) is 1. The second kappa shape index (κ2) is 13.4. The first-order valence-electron chi connectivity index (χ1n) is 8.90. The third-order valence-electron chi connectivity index (χ3n) is 4.03. The van der Waals surface area contributed by atoms with Crippen LogP contribution in [0.5, 0.6) is 0 Å². The van der Waals surface area contributed by atoms with E-state index in [9.17, 15) is 0 Å². The number of nitrogens with zero attached hydrogens (tertiary/aromatic N) is 3. The first-order valence-corrected chi connectivity index (χ1v) is 8.90. The lowest BCUT2D eigenvalue weighted by atomic mass is 10.2. The number of aromatic nitrogens is 1. The summed E-state index contributed by atoms with van der Waals surface area (Å²) in [5.41, 5.74) is 2.36. The average Bonchev–Trinajstić information content (AvgIpc) is 2.67. The largest absolute Gasteiger partial charge is 0.375 e. The minimum atomic E-state index is 0. The highest BCUT2D eigenvalue weighted by molar-refractivity contribution is 14.0. The Bertz CT molecular complexity index is 619. The molecule has 0 unspecified atom stereocenters. The van der Waals surface area contributed by atoms with E-state index in [-0.39, 0.29) is 24.0 Å². The fourth-order valence-corrected chi connectivity index (χ4v) is 2.57. The highest BCUT2D eigenvalue weighted by Gasteiger charge is 2.01. The Morgan fingerprint density at radius 3 is 2.42 bits per heavy atom. The summed E-state index contributed by atoms with van der Waals surface area (Å²) in [5.74, 6) is 0.854. The van der Waals surface area contributed by atoms with Gasteiger partial charge in [0.05, 0.1) is 0 Å². The molecule has 2 rings (SSSR count). The number of halogens is 1. The van der Waals surface area contributed by atoms with Crippen LogP contribution < -0.4 is 15.5 Å². The molecule has 0 radical (unpaired) electrons. The Morgan fingerprint density at radius 1 is 1.00 bits per heavy atom. The fourth-order valence-electron chi connectivity index (χ4n) is 2.57. The minimum Gasteiger partial charge on any atom is -0.375 e. The number of pyridine rings is 1. The molecule has 26 heavy (non-hydrogen) atoms. The van der Waals surface area contributed by atoms with Gasteiger partial charge in [0.25, 0.3) is 0 Å². The molecule has 0 fully saturated rings. The van der Waals surface area contributed by atoms with Gasteiger partial charge in [0, 0.05) is 57.7 Å². The van der Waals surface area contributed by atoms with Crippen molar-refractivity contribution in [1.29, 1.82) is 0 Å². The van der Waals surface area contributed by atoms with Crippen molar-refractivity contribution in [2.75, 3.05) is 38.6 Å². The smallest absolute Gasteiger partial charge is 0.190 e. The molecule has 0 aliphatic rings. The van der Waals surface area contributed by atoms with Crippen LogP contribution >= 0.6 is 24.0 Å². The molecule has 0 aliphatic heterocycles. The number of aliphatic imine (C=N–C) groups is 1. The van der Waals surface area contributed by atoms with Crippen LogP contribution in [0, 0.1) is 0 Å². The number of benzene rings is 1. The third-order valence-corrected chi connectivity index (χ3v) is 4.03. The second-order valence-corrected chi connectivity index (χ2v) is 5.96. The molecular formula is C20H30IN5. The predicted octanol–water partition coefficient (Wildman–Crippen LogP) is 3.32. The molecule has 5 nitrogen and oxygen atoms in total. The first kappa shape index (κ1) is 22.2. The highest BCUT2D eigenvalue weighted by Crippen LogP contribution is 2.11. The summed E-state index contributed by atoms with van der Waals surface area (Å²) in [5, 5.41) is 6.70. The van der Waals surface area contributed by atoms with Gasteiger partial charge in [-0.3, -0.25) is 9.98 Å². The number of hydrogen-bond acceptors (Lipinski definition) is 3. The maximum atomic E-state index is 4.32. The number of anilines is 1. The summed E-state index contributed by atoms with van der Waals surface area (Å²) in [6.45, 7) is 2.80. The third kappa shape index (κ3) is 8.51. The molecule has 0 amide bonds. The molecule has 0 saturated carbocycles. The zero-order chi connectivity index (χ0) is 17.7. The Kier molecular flexibility index (Phi) is 11.4. The van der Waals surface area contributed by atoms with Crippen molar-refractivity contribution in [1.82, 2.24) is 15.6 Å². The molecule has 0 atom stereocenters. The lowest BCUT2D eigenvalue weighted by Crippen LogP contribution is -2.39. The monoisotopic (exact) mass is 467 g/mol. The highest BCUT2D eigenvalue weighted by atomic mass is 127. The van der Waals surface area contributed by atoms with E-state index in [4.69, 9.17) is 0 Å². The van der Waals surface area contributed by atoms with Gasteiger partial charge in [-0.05, 0) is 37.1 Å². The topological polar surface area (TPSA) is 52.6 Å². The molecule has 1 aromatic carbocycles. The number of nitrogens with one attached hydrogen (secondary N) is 2. The van der Waals surface area contributed by atoms with Crippen LogP contribution in [-0.4, -0.2) is 44.7 Å². The molecule has 6 heteroatoms. The Labute approximate surface area is 174 Å². The van der Waals surface area contributed by atoms with Crippen molar-refractivity contribution in [2.45, 2.75) is 19.3 Å². The summed E-state index contributed by atoms with van der Waals surface area (Å²) in [4.78, 5) is 10.9. The summed E-state index contributed by atoms with van der Waals surface area (Å²) >= 11 is 0. The van der Waals surface area contributed by atoms with Crippen molar-refractivity contribution in [3.05, 3.63) is 60.4 Å². The number of rotatable bonds is 9. The second-order valence-electron chi connectivity index (χ2n) is 5.96. The van der Waals surface area contributed by atoms with Gasteiger partial charge in [0.15, 0.2) is 5.96 Å². The quantitative estimate of drug-likeness (QED) is 0.257. The average molecular weight is 467 g/mol. The molecule has 142 valence electrons. The van der Waals surface area contributed by atoms with Crippen LogP contribution in [0.1, 0.15) is 18.5 Å². The van der Waals surface area contributed by atoms with Gasteiger partial charge < -0.3 is 15.5 Å². The molecule has 0 bridgehead atoms. The van der Waals surface area contributed by atoms with E-state index in [1.165, 1.54) is 5.69 Å². The van der Waals surface area contributed by atoms with Gasteiger partial charge in [-0.25, -0.2) is 0 Å². The number of hydrogen-bond donors (Lipinski definition) is 2. The predicted molar refractivity (Wildman–Crippen MR) is 122 cm³/mol. The number of para-hydroxylation sites is 1. The van der Waals surface area contributed by atoms with E-state index < -0.39 is 0 Å². The standard InChI is InChI=1S/C20H29N5.HI/c1-21-20(24-16-13-18-10-6-7-14-22-18)23-15-8-9-17-25(2)19-11-4-3-5-12-19;/h3-7,10-12,14H,8-9,13,15-17H2,1-2H3,(H2,21,23,24);1H. The zero-order valence-corrected chi connectivity index (χ0v) is 18.0. The van der Waals surface area contributed by atoms with Gasteiger partial charge >= 0.3 is 0 Å². The number of guanidine groups is 1. The van der Waals surface area contributed by atoms with Crippen LogP contribution in [0.25, 0.3) is 0 Å². The lowest BCUT2D eigenvalue weighted by Gasteiger charge is -2.19. The van der Waals surface area contributed by atoms with E-state index in [1.807, 2.05) is 30.5 Å². The van der Waals surface area contributed by atoms with E-state index in [0.717, 1.165) is 50.6 Å². The van der Waals surface area contributed by atoms with E-state index in [2.05, 4.69) is 56.8 Å². The maximum Gasteiger partial charge on any atom is 0.190 e. The molecule has 2 aromatic rings. The molecule has 0 aliphatic carbocycles. The Morgan fingerprint density at radius 2 is 1.73 bits per heavy atom. The van der Waals surface area contributed by atoms with Crippen LogP contribution in [0.3, 0.4) is 0 Å². The molecule has 2 N–H and O–H groups in total. The SMILES string of the molecule is CN=C(NCCCCN(C)c1ccccc1)NCCc1ccccn1.I. The van der Waals surface area contributed by atoms with Crippen molar-refractivity contribution >= 4 is 35.6 Å². The fraction of sp³-hybridized carbons (Fsp3) is 0.400. The van der Waals surface area contributed by atoms with E-state index in [1.54, 1.807) is 7.05 Å². The van der Waals surface area contributed by atoms with Crippen LogP contribution in [-0.2, 0) is 6.42 Å². The summed E-state index contributed by atoms with van der Waals surface area (Å²) < 4.78 is 0. The van der Waals surface area contributed by atoms with Crippen LogP contribution in [0.4, 0.5) is 5.69 Å². The van der Waals surface area contributed by atoms with Crippen molar-refractivity contribution < 1.29 is 0 Å². The van der Waals surface area contributed by atoms with Gasteiger partial charge in [-0.15, -0.1) is 24.0 Å². The molecule has 1 heterocycles.